The molecule has 2 heterocycles. The molecular weight excluding hydrogens is 386 g/mol. The van der Waals surface area contributed by atoms with E-state index < -0.39 is 12.1 Å². The Morgan fingerprint density at radius 3 is 2.90 bits per heavy atom. The van der Waals surface area contributed by atoms with Crippen LogP contribution in [0.4, 0.5) is 4.79 Å². The molecule has 0 aromatic heterocycles. The van der Waals surface area contributed by atoms with Crippen molar-refractivity contribution in [1.82, 2.24) is 15.5 Å². The summed E-state index contributed by atoms with van der Waals surface area (Å²) in [4.78, 5) is 38.2. The van der Waals surface area contributed by atoms with E-state index in [1.54, 1.807) is 18.2 Å². The van der Waals surface area contributed by atoms with Crippen molar-refractivity contribution in [2.45, 2.75) is 57.5 Å². The van der Waals surface area contributed by atoms with Gasteiger partial charge in [0, 0.05) is 13.0 Å². The molecule has 0 unspecified atom stereocenters. The molecule has 4 amide bonds. The summed E-state index contributed by atoms with van der Waals surface area (Å²) in [7, 11) is 0. The molecule has 1 atom stereocenters. The van der Waals surface area contributed by atoms with E-state index in [9.17, 15) is 14.4 Å². The van der Waals surface area contributed by atoms with Crippen LogP contribution in [0.5, 0.6) is 11.5 Å². The number of rotatable bonds is 8. The third-order valence-corrected chi connectivity index (χ3v) is 5.70. The normalized spacial score (nSPS) is 20.2. The van der Waals surface area contributed by atoms with Crippen molar-refractivity contribution in [3.63, 3.8) is 0 Å². The summed E-state index contributed by atoms with van der Waals surface area (Å²) in [5.41, 5.74) is 2.19. The van der Waals surface area contributed by atoms with E-state index in [4.69, 9.17) is 9.47 Å². The maximum Gasteiger partial charge on any atom is 0.325 e. The third kappa shape index (κ3) is 4.75. The number of allylic oxidation sites excluding steroid dienone is 1. The molecule has 8 nitrogen and oxygen atoms in total. The lowest BCUT2D eigenvalue weighted by Gasteiger charge is -2.14. The summed E-state index contributed by atoms with van der Waals surface area (Å²) in [6.07, 6.45) is 8.39. The van der Waals surface area contributed by atoms with Crippen LogP contribution in [-0.2, 0) is 16.1 Å². The molecule has 1 fully saturated rings. The van der Waals surface area contributed by atoms with Gasteiger partial charge >= 0.3 is 6.03 Å². The molecule has 2 N–H and O–H groups in total. The molecule has 2 aliphatic heterocycles. The predicted octanol–water partition coefficient (Wildman–Crippen LogP) is 2.62. The third-order valence-electron chi connectivity index (χ3n) is 5.70. The Balaban J connectivity index is 1.22. The van der Waals surface area contributed by atoms with Crippen molar-refractivity contribution in [3.8, 4) is 11.5 Å². The maximum atomic E-state index is 12.6. The summed E-state index contributed by atoms with van der Waals surface area (Å²) in [6.45, 7) is 0.939. The van der Waals surface area contributed by atoms with Crippen molar-refractivity contribution in [2.75, 3.05) is 13.3 Å². The quantitative estimate of drug-likeness (QED) is 0.504. The number of carbonyl (C=O) groups is 3. The zero-order valence-electron chi connectivity index (χ0n) is 16.9. The zero-order valence-corrected chi connectivity index (χ0v) is 16.9. The number of nitrogens with one attached hydrogen (secondary N) is 2. The van der Waals surface area contributed by atoms with Crippen LogP contribution in [0.15, 0.2) is 29.8 Å². The molecular formula is C22H27N3O5. The minimum absolute atomic E-state index is 0.0947. The van der Waals surface area contributed by atoms with Crippen LogP contribution in [0, 0.1) is 0 Å². The van der Waals surface area contributed by atoms with Crippen LogP contribution in [-0.4, -0.2) is 42.1 Å². The molecule has 8 heteroatoms. The standard InChI is InChI=1S/C22H27N3O5/c26-20(23-11-10-15-4-2-1-3-5-15)9-7-17-21(27)25(22(28)24-17)13-16-6-8-18-19(12-16)30-14-29-18/h4,6,8,12,17H,1-3,5,7,9-11,13-14H2,(H,23,26)(H,24,28)/t17-/m0/s1. The highest BCUT2D eigenvalue weighted by Gasteiger charge is 2.38. The number of ether oxygens (including phenoxy) is 2. The molecule has 1 aromatic rings. The fraction of sp³-hybridized carbons (Fsp3) is 0.500. The second-order valence-corrected chi connectivity index (χ2v) is 7.86. The summed E-state index contributed by atoms with van der Waals surface area (Å²) in [5, 5.41) is 5.59. The summed E-state index contributed by atoms with van der Waals surface area (Å²) >= 11 is 0. The van der Waals surface area contributed by atoms with Crippen LogP contribution in [0.1, 0.15) is 50.5 Å². The Morgan fingerprint density at radius 2 is 2.07 bits per heavy atom. The maximum absolute atomic E-state index is 12.6. The topological polar surface area (TPSA) is 97.0 Å². The van der Waals surface area contributed by atoms with Gasteiger partial charge in [-0.05, 0) is 56.2 Å². The highest BCUT2D eigenvalue weighted by Crippen LogP contribution is 2.33. The number of amides is 4. The van der Waals surface area contributed by atoms with Gasteiger partial charge in [0.1, 0.15) is 6.04 Å². The van der Waals surface area contributed by atoms with Gasteiger partial charge in [-0.3, -0.25) is 14.5 Å². The van der Waals surface area contributed by atoms with Crippen molar-refractivity contribution in [3.05, 3.63) is 35.4 Å². The van der Waals surface area contributed by atoms with Gasteiger partial charge in [0.25, 0.3) is 5.91 Å². The van der Waals surface area contributed by atoms with Crippen molar-refractivity contribution >= 4 is 17.8 Å². The first-order valence-corrected chi connectivity index (χ1v) is 10.5. The Morgan fingerprint density at radius 1 is 1.20 bits per heavy atom. The first-order valence-electron chi connectivity index (χ1n) is 10.5. The molecule has 0 spiro atoms. The van der Waals surface area contributed by atoms with E-state index in [1.165, 1.54) is 23.3 Å². The van der Waals surface area contributed by atoms with Gasteiger partial charge in [-0.15, -0.1) is 0 Å². The van der Waals surface area contributed by atoms with E-state index in [0.29, 0.717) is 18.0 Å². The molecule has 1 saturated heterocycles. The van der Waals surface area contributed by atoms with Gasteiger partial charge in [0.15, 0.2) is 11.5 Å². The fourth-order valence-electron chi connectivity index (χ4n) is 4.00. The van der Waals surface area contributed by atoms with Gasteiger partial charge in [0.05, 0.1) is 6.54 Å². The number of fused-ring (bicyclic) bond motifs is 1. The minimum atomic E-state index is -0.668. The molecule has 4 rings (SSSR count). The number of nitrogens with zero attached hydrogens (tertiary/aromatic N) is 1. The minimum Gasteiger partial charge on any atom is -0.454 e. The van der Waals surface area contributed by atoms with E-state index in [0.717, 1.165) is 24.8 Å². The molecule has 0 bridgehead atoms. The van der Waals surface area contributed by atoms with Gasteiger partial charge < -0.3 is 20.1 Å². The predicted molar refractivity (Wildman–Crippen MR) is 109 cm³/mol. The molecule has 0 saturated carbocycles. The Kier molecular flexibility index (Phi) is 6.21. The fourth-order valence-corrected chi connectivity index (χ4v) is 4.00. The average molecular weight is 413 g/mol. The Hall–Kier alpha value is -3.03. The number of benzene rings is 1. The molecule has 160 valence electrons. The van der Waals surface area contributed by atoms with E-state index in [-0.39, 0.29) is 38.0 Å². The number of hydrogen-bond donors (Lipinski definition) is 2. The molecule has 1 aromatic carbocycles. The molecule has 30 heavy (non-hydrogen) atoms. The number of imide groups is 1. The first kappa shape index (κ1) is 20.3. The van der Waals surface area contributed by atoms with Gasteiger partial charge in [-0.2, -0.15) is 0 Å². The first-order chi connectivity index (χ1) is 14.6. The van der Waals surface area contributed by atoms with Crippen molar-refractivity contribution in [1.29, 1.82) is 0 Å². The summed E-state index contributed by atoms with van der Waals surface area (Å²) < 4.78 is 10.6. The monoisotopic (exact) mass is 413 g/mol. The second-order valence-electron chi connectivity index (χ2n) is 7.86. The SMILES string of the molecule is O=C(CC[C@@H]1NC(=O)N(Cc2ccc3c(c2)OCO3)C1=O)NCCC1=CCCCC1. The van der Waals surface area contributed by atoms with Crippen LogP contribution < -0.4 is 20.1 Å². The largest absolute Gasteiger partial charge is 0.454 e. The number of carbonyl (C=O) groups excluding carboxylic acids is 3. The zero-order chi connectivity index (χ0) is 20.9. The Labute approximate surface area is 175 Å². The van der Waals surface area contributed by atoms with Crippen LogP contribution in [0.2, 0.25) is 0 Å². The average Bonchev–Trinajstić information content (AvgIpc) is 3.32. The van der Waals surface area contributed by atoms with E-state index in [1.807, 2.05) is 0 Å². The lowest BCUT2D eigenvalue weighted by atomic mass is 9.97. The lowest BCUT2D eigenvalue weighted by Crippen LogP contribution is -2.32. The number of hydrogen-bond acceptors (Lipinski definition) is 5. The van der Waals surface area contributed by atoms with Gasteiger partial charge in [-0.25, -0.2) is 4.79 Å². The highest BCUT2D eigenvalue weighted by atomic mass is 16.7. The van der Waals surface area contributed by atoms with Crippen LogP contribution >= 0.6 is 0 Å². The molecule has 1 aliphatic carbocycles. The van der Waals surface area contributed by atoms with E-state index in [2.05, 4.69) is 16.7 Å². The van der Waals surface area contributed by atoms with Crippen LogP contribution in [0.3, 0.4) is 0 Å². The molecule has 0 radical (unpaired) electrons. The Bertz CT molecular complexity index is 866. The molecule has 3 aliphatic rings. The second kappa shape index (κ2) is 9.19. The van der Waals surface area contributed by atoms with E-state index >= 15 is 0 Å². The number of urea groups is 1. The summed E-state index contributed by atoms with van der Waals surface area (Å²) in [6, 6.07) is 4.23. The summed E-state index contributed by atoms with van der Waals surface area (Å²) in [5.74, 6) is 0.858. The highest BCUT2D eigenvalue weighted by molar-refractivity contribution is 6.04. The van der Waals surface area contributed by atoms with Gasteiger partial charge in [0.2, 0.25) is 12.7 Å². The van der Waals surface area contributed by atoms with Crippen LogP contribution in [0.25, 0.3) is 0 Å². The smallest absolute Gasteiger partial charge is 0.325 e. The van der Waals surface area contributed by atoms with Gasteiger partial charge in [-0.1, -0.05) is 17.7 Å². The van der Waals surface area contributed by atoms with Crippen molar-refractivity contribution in [2.24, 2.45) is 0 Å². The van der Waals surface area contributed by atoms with Crippen molar-refractivity contribution < 1.29 is 23.9 Å². The lowest BCUT2D eigenvalue weighted by molar-refractivity contribution is -0.128.